The fourth-order valence-electron chi connectivity index (χ4n) is 9.05. The molecule has 4 aromatic carbocycles. The second kappa shape index (κ2) is 16.0. The predicted molar refractivity (Wildman–Crippen MR) is 222 cm³/mol. The lowest BCUT2D eigenvalue weighted by Crippen LogP contribution is -2.52. The molecule has 1 N–H and O–H groups in total. The summed E-state index contributed by atoms with van der Waals surface area (Å²) in [5.41, 5.74) is 6.14. The molecule has 0 atom stereocenters. The normalized spacial score (nSPS) is 16.0. The van der Waals surface area contributed by atoms with Crippen molar-refractivity contribution in [1.29, 1.82) is 0 Å². The number of amides is 1. The summed E-state index contributed by atoms with van der Waals surface area (Å²) in [5.74, 6) is 1.62. The highest BCUT2D eigenvalue weighted by atomic mass is 16.6. The standard InChI is InChI=1S/C43H51N9O5/c1-5-49(6-2)30-14-16-34-38(28-30)56-39-29-31(50(7-3)8-4)15-17-35(39)43(34)33-13-10-9-12-32(33)42(53)51(43)27-26-48-24-22-47(23-25-48)21-11-20-44-36-18-19-37(52(54)55)41-40(36)45-57-46-41/h9-10,12-19,28-29,44H,5-8,11,20-27H2,1-4H3. The molecule has 1 amide bonds. The molecule has 1 fully saturated rings. The minimum Gasteiger partial charge on any atom is -0.456 e. The second-order valence-corrected chi connectivity index (χ2v) is 14.8. The van der Waals surface area contributed by atoms with Crippen LogP contribution in [0.5, 0.6) is 11.5 Å². The number of hydrogen-bond acceptors (Lipinski definition) is 12. The molecule has 57 heavy (non-hydrogen) atoms. The van der Waals surface area contributed by atoms with Gasteiger partial charge in [0.25, 0.3) is 5.91 Å². The summed E-state index contributed by atoms with van der Waals surface area (Å²) < 4.78 is 11.7. The molecule has 1 spiro atoms. The number of carbonyl (C=O) groups excluding carboxylic acids is 1. The van der Waals surface area contributed by atoms with Crippen molar-refractivity contribution in [1.82, 2.24) is 25.0 Å². The zero-order valence-electron chi connectivity index (χ0n) is 33.2. The van der Waals surface area contributed by atoms with Gasteiger partial charge in [-0.15, -0.1) is 0 Å². The van der Waals surface area contributed by atoms with E-state index in [2.05, 4.69) is 110 Å². The first-order chi connectivity index (χ1) is 27.8. The molecule has 3 aliphatic heterocycles. The third-order valence-corrected chi connectivity index (χ3v) is 12.0. The molecular formula is C43H51N9O5. The van der Waals surface area contributed by atoms with Crippen molar-refractivity contribution in [2.75, 3.05) is 93.7 Å². The Morgan fingerprint density at radius 1 is 0.754 bits per heavy atom. The maximum Gasteiger partial charge on any atom is 0.300 e. The zero-order chi connectivity index (χ0) is 39.7. The minimum atomic E-state index is -0.841. The number of nitrogens with zero attached hydrogens (tertiary/aromatic N) is 8. The number of nitro benzene ring substituents is 1. The Bertz CT molecular complexity index is 2200. The Kier molecular flexibility index (Phi) is 10.7. The molecule has 14 nitrogen and oxygen atoms in total. The van der Waals surface area contributed by atoms with E-state index in [-0.39, 0.29) is 17.1 Å². The number of aromatic nitrogens is 2. The van der Waals surface area contributed by atoms with Crippen molar-refractivity contribution >= 4 is 39.7 Å². The van der Waals surface area contributed by atoms with Gasteiger partial charge in [0.05, 0.1) is 10.6 Å². The Labute approximate surface area is 333 Å². The van der Waals surface area contributed by atoms with E-state index in [1.54, 1.807) is 6.07 Å². The molecular weight excluding hydrogens is 723 g/mol. The van der Waals surface area contributed by atoms with Crippen molar-refractivity contribution in [2.45, 2.75) is 39.7 Å². The van der Waals surface area contributed by atoms with Gasteiger partial charge in [-0.05, 0) is 80.8 Å². The van der Waals surface area contributed by atoms with Crippen LogP contribution in [-0.4, -0.2) is 114 Å². The highest BCUT2D eigenvalue weighted by molar-refractivity contribution is 6.02. The number of non-ortho nitro benzene ring substituents is 1. The van der Waals surface area contributed by atoms with Crippen LogP contribution >= 0.6 is 0 Å². The van der Waals surface area contributed by atoms with Crippen LogP contribution in [0.4, 0.5) is 22.7 Å². The summed E-state index contributed by atoms with van der Waals surface area (Å²) in [7, 11) is 0. The second-order valence-electron chi connectivity index (χ2n) is 14.8. The third kappa shape index (κ3) is 6.69. The zero-order valence-corrected chi connectivity index (χ0v) is 33.2. The maximum absolute atomic E-state index is 14.7. The number of hydrogen-bond donors (Lipinski definition) is 1. The number of rotatable bonds is 15. The Morgan fingerprint density at radius 3 is 1.96 bits per heavy atom. The maximum atomic E-state index is 14.7. The van der Waals surface area contributed by atoms with Gasteiger partial charge in [-0.3, -0.25) is 19.8 Å². The number of benzene rings is 4. The number of carbonyl (C=O) groups is 1. The van der Waals surface area contributed by atoms with Gasteiger partial charge in [0.1, 0.15) is 17.0 Å². The van der Waals surface area contributed by atoms with Gasteiger partial charge in [0.15, 0.2) is 5.52 Å². The molecule has 4 heterocycles. The minimum absolute atomic E-state index is 0.0443. The van der Waals surface area contributed by atoms with Gasteiger partial charge in [-0.1, -0.05) is 30.3 Å². The topological polar surface area (TPSA) is 137 Å². The Balaban J connectivity index is 1.00. The molecule has 5 aromatic rings. The number of nitro groups is 1. The smallest absolute Gasteiger partial charge is 0.300 e. The first-order valence-corrected chi connectivity index (χ1v) is 20.3. The third-order valence-electron chi connectivity index (χ3n) is 12.0. The van der Waals surface area contributed by atoms with E-state index in [1.165, 1.54) is 6.07 Å². The molecule has 3 aliphatic rings. The average Bonchev–Trinajstić information content (AvgIpc) is 3.82. The summed E-state index contributed by atoms with van der Waals surface area (Å²) in [6.07, 6.45) is 0.889. The highest BCUT2D eigenvalue weighted by Gasteiger charge is 2.56. The fourth-order valence-corrected chi connectivity index (χ4v) is 9.05. The van der Waals surface area contributed by atoms with Gasteiger partial charge >= 0.3 is 5.69 Å². The van der Waals surface area contributed by atoms with Crippen LogP contribution in [-0.2, 0) is 5.54 Å². The van der Waals surface area contributed by atoms with Gasteiger partial charge < -0.3 is 29.7 Å². The average molecular weight is 774 g/mol. The largest absolute Gasteiger partial charge is 0.456 e. The lowest BCUT2D eigenvalue weighted by molar-refractivity contribution is -0.383. The SMILES string of the molecule is CCN(CC)c1ccc2c(c1)Oc1cc(N(CC)CC)ccc1C21c2ccccc2C(=O)N1CCN1CCN(CCCNc2ccc([N+](=O)[O-])c3nonc23)CC1. The molecule has 0 radical (unpaired) electrons. The molecule has 14 heteroatoms. The van der Waals surface area contributed by atoms with Crippen molar-refractivity contribution in [3.8, 4) is 11.5 Å². The van der Waals surface area contributed by atoms with E-state index in [9.17, 15) is 14.9 Å². The van der Waals surface area contributed by atoms with E-state index in [0.717, 1.165) is 117 Å². The monoisotopic (exact) mass is 773 g/mol. The molecule has 0 bridgehead atoms. The lowest BCUT2D eigenvalue weighted by atomic mass is 9.74. The van der Waals surface area contributed by atoms with E-state index in [4.69, 9.17) is 9.37 Å². The summed E-state index contributed by atoms with van der Waals surface area (Å²) in [5, 5.41) is 22.3. The quantitative estimate of drug-likeness (QED) is 0.0681. The molecule has 1 saturated heterocycles. The van der Waals surface area contributed by atoms with Gasteiger partial charge in [0, 0.05) is 118 Å². The van der Waals surface area contributed by atoms with Crippen LogP contribution in [0.15, 0.2) is 77.4 Å². The molecule has 0 unspecified atom stereocenters. The van der Waals surface area contributed by atoms with Crippen molar-refractivity contribution in [3.05, 3.63) is 105 Å². The number of fused-ring (bicyclic) bond motifs is 7. The fraction of sp³-hybridized carbons (Fsp3) is 0.419. The van der Waals surface area contributed by atoms with E-state index in [0.29, 0.717) is 24.3 Å². The van der Waals surface area contributed by atoms with E-state index >= 15 is 0 Å². The molecule has 1 aromatic heterocycles. The first-order valence-electron chi connectivity index (χ1n) is 20.3. The first kappa shape index (κ1) is 38.2. The summed E-state index contributed by atoms with van der Waals surface area (Å²) in [6.45, 7) is 18.8. The number of nitrogens with one attached hydrogen (secondary N) is 1. The van der Waals surface area contributed by atoms with Crippen LogP contribution in [0, 0.1) is 10.1 Å². The molecule has 0 aliphatic carbocycles. The predicted octanol–water partition coefficient (Wildman–Crippen LogP) is 6.80. The van der Waals surface area contributed by atoms with Crippen LogP contribution in [0.1, 0.15) is 61.2 Å². The van der Waals surface area contributed by atoms with Gasteiger partial charge in [-0.25, -0.2) is 4.63 Å². The number of anilines is 3. The molecule has 8 rings (SSSR count). The van der Waals surface area contributed by atoms with Gasteiger partial charge in [0.2, 0.25) is 5.52 Å². The van der Waals surface area contributed by atoms with Crippen LogP contribution < -0.4 is 19.9 Å². The van der Waals surface area contributed by atoms with Crippen LogP contribution in [0.2, 0.25) is 0 Å². The van der Waals surface area contributed by atoms with Crippen molar-refractivity contribution < 1.29 is 19.1 Å². The Morgan fingerprint density at radius 2 is 1.35 bits per heavy atom. The molecule has 298 valence electrons. The molecule has 0 saturated carbocycles. The summed E-state index contributed by atoms with van der Waals surface area (Å²) in [6, 6.07) is 24.3. The van der Waals surface area contributed by atoms with Gasteiger partial charge in [-0.2, -0.15) is 0 Å². The number of ether oxygens (including phenoxy) is 1. The summed E-state index contributed by atoms with van der Waals surface area (Å²) in [4.78, 5) is 37.3. The highest BCUT2D eigenvalue weighted by Crippen LogP contribution is 2.58. The van der Waals surface area contributed by atoms with Crippen LogP contribution in [0.25, 0.3) is 11.0 Å². The lowest BCUT2D eigenvalue weighted by Gasteiger charge is -2.45. The summed E-state index contributed by atoms with van der Waals surface area (Å²) >= 11 is 0. The van der Waals surface area contributed by atoms with E-state index in [1.807, 2.05) is 18.2 Å². The van der Waals surface area contributed by atoms with E-state index < -0.39 is 10.5 Å². The Hall–Kier alpha value is -5.73. The van der Waals surface area contributed by atoms with Crippen LogP contribution in [0.3, 0.4) is 0 Å². The number of piperazine rings is 1. The van der Waals surface area contributed by atoms with Crippen molar-refractivity contribution in [3.63, 3.8) is 0 Å². The van der Waals surface area contributed by atoms with Crippen molar-refractivity contribution in [2.24, 2.45) is 0 Å².